The molecule has 35 heavy (non-hydrogen) atoms. The number of carbonyl (C=O) groups excluding carboxylic acids is 1. The number of carbonyl (C=O) groups is 1. The van der Waals surface area contributed by atoms with Crippen LogP contribution in [0.4, 0.5) is 23.9 Å². The third-order valence-electron chi connectivity index (χ3n) is 6.87. The Morgan fingerprint density at radius 2 is 1.63 bits per heavy atom. The van der Waals surface area contributed by atoms with E-state index in [4.69, 9.17) is 4.74 Å². The van der Waals surface area contributed by atoms with Gasteiger partial charge in [0.05, 0.1) is 17.6 Å². The molecule has 4 rings (SSSR count). The summed E-state index contributed by atoms with van der Waals surface area (Å²) < 4.78 is 44.5. The molecule has 2 atom stereocenters. The lowest BCUT2D eigenvalue weighted by Gasteiger charge is -2.46. The smallest absolute Gasteiger partial charge is 0.419 e. The summed E-state index contributed by atoms with van der Waals surface area (Å²) >= 11 is 0. The highest BCUT2D eigenvalue weighted by Crippen LogP contribution is 2.31. The second kappa shape index (κ2) is 10.0. The standard InChI is InChI=1S/C25H32F3N5O2/c1-18-15-32(22-29-13-21(14-30-22)25(26,27)28)16-19(2)33(18)23(34)35-24(3)9-11-31(12-10-24)17-20-7-5-4-6-8-20/h4-8,13-14,18-19H,9-12,15-17H2,1-3H3/t18-,19+. The Bertz CT molecular complexity index is 982. The Balaban J connectivity index is 1.32. The molecule has 2 fully saturated rings. The van der Waals surface area contributed by atoms with E-state index >= 15 is 0 Å². The Morgan fingerprint density at radius 3 is 2.17 bits per heavy atom. The zero-order valence-corrected chi connectivity index (χ0v) is 20.3. The maximum Gasteiger partial charge on any atom is 0.419 e. The van der Waals surface area contributed by atoms with E-state index in [-0.39, 0.29) is 24.1 Å². The van der Waals surface area contributed by atoms with Crippen molar-refractivity contribution < 1.29 is 22.7 Å². The number of likely N-dealkylation sites (tertiary alicyclic amines) is 1. The molecule has 2 aromatic rings. The van der Waals surface area contributed by atoms with Crippen molar-refractivity contribution in [2.45, 2.75) is 64.0 Å². The van der Waals surface area contributed by atoms with Gasteiger partial charge < -0.3 is 9.64 Å². The third kappa shape index (κ3) is 6.04. The van der Waals surface area contributed by atoms with Gasteiger partial charge in [0.1, 0.15) is 5.60 Å². The lowest BCUT2D eigenvalue weighted by molar-refractivity contribution is -0.138. The molecule has 0 unspecified atom stereocenters. The summed E-state index contributed by atoms with van der Waals surface area (Å²) in [4.78, 5) is 26.9. The molecule has 0 radical (unpaired) electrons. The van der Waals surface area contributed by atoms with E-state index in [0.717, 1.165) is 44.9 Å². The highest BCUT2D eigenvalue weighted by molar-refractivity contribution is 5.69. The second-order valence-electron chi connectivity index (χ2n) is 9.86. The van der Waals surface area contributed by atoms with Crippen LogP contribution < -0.4 is 4.90 Å². The number of benzene rings is 1. The predicted octanol–water partition coefficient (Wildman–Crippen LogP) is 4.59. The number of hydrogen-bond acceptors (Lipinski definition) is 6. The fraction of sp³-hybridized carbons (Fsp3) is 0.560. The zero-order chi connectivity index (χ0) is 25.2. The van der Waals surface area contributed by atoms with Crippen LogP contribution in [0.1, 0.15) is 44.7 Å². The van der Waals surface area contributed by atoms with E-state index in [0.29, 0.717) is 13.1 Å². The van der Waals surface area contributed by atoms with Gasteiger partial charge in [0.2, 0.25) is 5.95 Å². The fourth-order valence-electron chi connectivity index (χ4n) is 4.87. The molecule has 1 amide bonds. The molecule has 0 N–H and O–H groups in total. The van der Waals surface area contributed by atoms with Crippen LogP contribution in [-0.2, 0) is 17.5 Å². The second-order valence-corrected chi connectivity index (χ2v) is 9.86. The topological polar surface area (TPSA) is 61.8 Å². The van der Waals surface area contributed by atoms with Crippen molar-refractivity contribution in [3.63, 3.8) is 0 Å². The molecule has 0 saturated carbocycles. The summed E-state index contributed by atoms with van der Waals surface area (Å²) in [6, 6.07) is 9.90. The molecule has 2 saturated heterocycles. The average Bonchev–Trinajstić information content (AvgIpc) is 2.80. The monoisotopic (exact) mass is 491 g/mol. The number of halogens is 3. The number of hydrogen-bond donors (Lipinski definition) is 0. The van der Waals surface area contributed by atoms with E-state index in [1.807, 2.05) is 43.9 Å². The molecule has 0 aliphatic carbocycles. The van der Waals surface area contributed by atoms with E-state index in [1.54, 1.807) is 4.90 Å². The van der Waals surface area contributed by atoms with Gasteiger partial charge in [-0.3, -0.25) is 9.80 Å². The lowest BCUT2D eigenvalue weighted by atomic mass is 9.93. The van der Waals surface area contributed by atoms with Crippen LogP contribution in [0.5, 0.6) is 0 Å². The summed E-state index contributed by atoms with van der Waals surface area (Å²) in [6.07, 6.45) is -1.72. The molecule has 10 heteroatoms. The van der Waals surface area contributed by atoms with Crippen molar-refractivity contribution in [3.05, 3.63) is 53.9 Å². The van der Waals surface area contributed by atoms with Crippen molar-refractivity contribution in [2.75, 3.05) is 31.1 Å². The van der Waals surface area contributed by atoms with Gasteiger partial charge in [-0.25, -0.2) is 14.8 Å². The summed E-state index contributed by atoms with van der Waals surface area (Å²) in [7, 11) is 0. The first-order valence-electron chi connectivity index (χ1n) is 12.0. The largest absolute Gasteiger partial charge is 0.443 e. The maximum absolute atomic E-state index is 13.2. The summed E-state index contributed by atoms with van der Waals surface area (Å²) in [5, 5.41) is 0. The molecule has 7 nitrogen and oxygen atoms in total. The first kappa shape index (κ1) is 25.2. The van der Waals surface area contributed by atoms with Gasteiger partial charge >= 0.3 is 12.3 Å². The van der Waals surface area contributed by atoms with E-state index in [1.165, 1.54) is 5.56 Å². The van der Waals surface area contributed by atoms with Gasteiger partial charge in [-0.1, -0.05) is 30.3 Å². The van der Waals surface area contributed by atoms with E-state index in [9.17, 15) is 18.0 Å². The van der Waals surface area contributed by atoms with Gasteiger partial charge in [-0.15, -0.1) is 0 Å². The van der Waals surface area contributed by atoms with Gasteiger partial charge in [-0.05, 0) is 39.2 Å². The van der Waals surface area contributed by atoms with Crippen molar-refractivity contribution in [3.8, 4) is 0 Å². The molecule has 0 bridgehead atoms. The van der Waals surface area contributed by atoms with Gasteiger partial charge in [0.25, 0.3) is 0 Å². The van der Waals surface area contributed by atoms with Gasteiger partial charge in [-0.2, -0.15) is 13.2 Å². The lowest BCUT2D eigenvalue weighted by Crippen LogP contribution is -2.60. The zero-order valence-electron chi connectivity index (χ0n) is 20.3. The van der Waals surface area contributed by atoms with Gasteiger partial charge in [0.15, 0.2) is 0 Å². The number of rotatable bonds is 4. The molecule has 2 aliphatic rings. The summed E-state index contributed by atoms with van der Waals surface area (Å²) in [6.45, 7) is 9.20. The number of piperidine rings is 1. The van der Waals surface area contributed by atoms with Crippen LogP contribution in [0, 0.1) is 0 Å². The Kier molecular flexibility index (Phi) is 7.21. The average molecular weight is 492 g/mol. The van der Waals surface area contributed by atoms with E-state index in [2.05, 4.69) is 27.0 Å². The number of piperazine rings is 1. The van der Waals surface area contributed by atoms with Crippen LogP contribution in [0.25, 0.3) is 0 Å². The Hall–Kier alpha value is -2.88. The van der Waals surface area contributed by atoms with Crippen molar-refractivity contribution >= 4 is 12.0 Å². The molecule has 2 aliphatic heterocycles. The number of nitrogens with zero attached hydrogens (tertiary/aromatic N) is 5. The quantitative estimate of drug-likeness (QED) is 0.624. The number of aromatic nitrogens is 2. The molecular weight excluding hydrogens is 459 g/mol. The minimum absolute atomic E-state index is 0.209. The third-order valence-corrected chi connectivity index (χ3v) is 6.87. The number of anilines is 1. The van der Waals surface area contributed by atoms with Crippen molar-refractivity contribution in [1.82, 2.24) is 19.8 Å². The SMILES string of the molecule is C[C@@H]1CN(c2ncc(C(F)(F)F)cn2)C[C@H](C)N1C(=O)OC1(C)CCN(Cc2ccccc2)CC1. The molecule has 0 spiro atoms. The normalized spacial score (nSPS) is 23.3. The maximum atomic E-state index is 13.2. The van der Waals surface area contributed by atoms with Crippen LogP contribution in [-0.4, -0.2) is 69.7 Å². The highest BCUT2D eigenvalue weighted by Gasteiger charge is 2.40. The first-order valence-corrected chi connectivity index (χ1v) is 12.0. The Morgan fingerprint density at radius 1 is 1.06 bits per heavy atom. The fourth-order valence-corrected chi connectivity index (χ4v) is 4.87. The minimum Gasteiger partial charge on any atom is -0.443 e. The number of alkyl halides is 3. The van der Waals surface area contributed by atoms with Gasteiger partial charge in [0, 0.05) is 45.1 Å². The van der Waals surface area contributed by atoms with E-state index < -0.39 is 17.3 Å². The highest BCUT2D eigenvalue weighted by atomic mass is 19.4. The molecule has 190 valence electrons. The first-order chi connectivity index (χ1) is 16.5. The Labute approximate surface area is 203 Å². The number of ether oxygens (including phenoxy) is 1. The number of amides is 1. The van der Waals surface area contributed by atoms with Crippen LogP contribution in [0.15, 0.2) is 42.7 Å². The molecule has 3 heterocycles. The van der Waals surface area contributed by atoms with Crippen molar-refractivity contribution in [2.24, 2.45) is 0 Å². The van der Waals surface area contributed by atoms with Crippen LogP contribution in [0.3, 0.4) is 0 Å². The molecular formula is C25H32F3N5O2. The minimum atomic E-state index is -4.48. The summed E-state index contributed by atoms with van der Waals surface area (Å²) in [5.74, 6) is 0.225. The predicted molar refractivity (Wildman–Crippen MR) is 126 cm³/mol. The van der Waals surface area contributed by atoms with Crippen LogP contribution in [0.2, 0.25) is 0 Å². The summed E-state index contributed by atoms with van der Waals surface area (Å²) in [5.41, 5.74) is -0.143. The molecule has 1 aromatic carbocycles. The van der Waals surface area contributed by atoms with Crippen molar-refractivity contribution in [1.29, 1.82) is 0 Å². The molecule has 1 aromatic heterocycles. The van der Waals surface area contributed by atoms with Crippen LogP contribution >= 0.6 is 0 Å².